The molecule has 1 aromatic rings. The molecule has 0 aromatic heterocycles. The third-order valence-electron chi connectivity index (χ3n) is 1.62. The second-order valence-corrected chi connectivity index (χ2v) is 3.74. The van der Waals surface area contributed by atoms with Crippen molar-refractivity contribution in [3.05, 3.63) is 22.2 Å². The number of anilines is 1. The lowest BCUT2D eigenvalue weighted by atomic mass is 10.3. The lowest BCUT2D eigenvalue weighted by molar-refractivity contribution is -0.360. The van der Waals surface area contributed by atoms with Crippen LogP contribution in [0.1, 0.15) is 0 Å². The number of hydrogen-bond acceptors (Lipinski definition) is 2. The number of ether oxygens (including phenoxy) is 1. The molecule has 0 aliphatic heterocycles. The van der Waals surface area contributed by atoms with Gasteiger partial charge in [0.1, 0.15) is 5.75 Å². The van der Waals surface area contributed by atoms with Gasteiger partial charge in [-0.2, -0.15) is 22.0 Å². The van der Waals surface area contributed by atoms with E-state index in [1.165, 1.54) is 0 Å². The summed E-state index contributed by atoms with van der Waals surface area (Å²) in [6.07, 6.45) is -11.2. The van der Waals surface area contributed by atoms with Crippen LogP contribution in [-0.2, 0) is 0 Å². The molecule has 0 aliphatic carbocycles. The molecule has 2 nitrogen and oxygen atoms in total. The Bertz CT molecular complexity index is 435. The number of hydrogen-bond donors (Lipinski definition) is 1. The van der Waals surface area contributed by atoms with Gasteiger partial charge in [0.05, 0.1) is 15.7 Å². The van der Waals surface area contributed by atoms with Gasteiger partial charge in [0.15, 0.2) is 0 Å². The predicted molar refractivity (Wildman–Crippen MR) is 52.5 cm³/mol. The van der Waals surface area contributed by atoms with Crippen molar-refractivity contribution in [3.8, 4) is 5.75 Å². The third-order valence-corrected chi connectivity index (χ3v) is 2.24. The minimum atomic E-state index is -5.86. The molecule has 1 rings (SSSR count). The summed E-state index contributed by atoms with van der Waals surface area (Å²) in [7, 11) is 0. The fraction of sp³-hybridized carbons (Fsp3) is 0.250. The molecule has 17 heavy (non-hydrogen) atoms. The molecule has 2 N–H and O–H groups in total. The Kier molecular flexibility index (Phi) is 3.63. The van der Waals surface area contributed by atoms with Crippen molar-refractivity contribution in [1.82, 2.24) is 0 Å². The van der Waals surface area contributed by atoms with Crippen molar-refractivity contribution in [2.75, 3.05) is 5.73 Å². The molecule has 0 saturated heterocycles. The Labute approximate surface area is 102 Å². The smallest absolute Gasteiger partial charge is 0.424 e. The number of nitrogen functional groups attached to an aromatic ring is 1. The number of halogens is 7. The summed E-state index contributed by atoms with van der Waals surface area (Å²) in [6, 6.07) is 1.59. The van der Waals surface area contributed by atoms with Gasteiger partial charge in [-0.15, -0.1) is 0 Å². The summed E-state index contributed by atoms with van der Waals surface area (Å²) in [5, 5.41) is -0.752. The number of alkyl halides is 5. The van der Waals surface area contributed by atoms with Gasteiger partial charge in [-0.05, 0) is 6.07 Å². The molecule has 0 saturated carbocycles. The Balaban J connectivity index is 3.08. The first-order valence-corrected chi connectivity index (χ1v) is 4.68. The second-order valence-electron chi connectivity index (χ2n) is 2.92. The van der Waals surface area contributed by atoms with Crippen LogP contribution >= 0.6 is 23.2 Å². The molecule has 0 fully saturated rings. The van der Waals surface area contributed by atoms with Crippen LogP contribution in [0.2, 0.25) is 10.0 Å². The van der Waals surface area contributed by atoms with Crippen LogP contribution in [0.3, 0.4) is 0 Å². The Morgan fingerprint density at radius 2 is 1.53 bits per heavy atom. The van der Waals surface area contributed by atoms with Gasteiger partial charge in [-0.3, -0.25) is 0 Å². The van der Waals surface area contributed by atoms with Gasteiger partial charge in [0.25, 0.3) is 0 Å². The van der Waals surface area contributed by atoms with E-state index < -0.39 is 23.1 Å². The zero-order chi connectivity index (χ0) is 13.4. The molecule has 9 heteroatoms. The van der Waals surface area contributed by atoms with Gasteiger partial charge >= 0.3 is 12.3 Å². The van der Waals surface area contributed by atoms with E-state index in [2.05, 4.69) is 4.74 Å². The van der Waals surface area contributed by atoms with Crippen LogP contribution in [-0.4, -0.2) is 12.3 Å². The van der Waals surface area contributed by atoms with Gasteiger partial charge < -0.3 is 10.5 Å². The van der Waals surface area contributed by atoms with Gasteiger partial charge in [-0.25, -0.2) is 0 Å². The largest absolute Gasteiger partial charge is 0.499 e. The monoisotopic (exact) mass is 295 g/mol. The summed E-state index contributed by atoms with van der Waals surface area (Å²) < 4.78 is 64.2. The first-order valence-electron chi connectivity index (χ1n) is 3.92. The highest BCUT2D eigenvalue weighted by Gasteiger charge is 2.61. The van der Waals surface area contributed by atoms with E-state index in [9.17, 15) is 22.0 Å². The summed E-state index contributed by atoms with van der Waals surface area (Å²) in [5.41, 5.74) is 5.19. The molecule has 0 aliphatic rings. The molecular formula is C8H4Cl2F5NO. The fourth-order valence-corrected chi connectivity index (χ4v) is 1.18. The molecule has 0 radical (unpaired) electrons. The molecular weight excluding hydrogens is 292 g/mol. The van der Waals surface area contributed by atoms with E-state index in [1.807, 2.05) is 0 Å². The Morgan fingerprint density at radius 3 is 2.00 bits per heavy atom. The molecule has 0 unspecified atom stereocenters. The topological polar surface area (TPSA) is 35.2 Å². The van der Waals surface area contributed by atoms with E-state index in [4.69, 9.17) is 28.9 Å². The van der Waals surface area contributed by atoms with Crippen molar-refractivity contribution in [3.63, 3.8) is 0 Å². The molecule has 1 aromatic carbocycles. The maximum absolute atomic E-state index is 12.5. The third kappa shape index (κ3) is 3.04. The summed E-state index contributed by atoms with van der Waals surface area (Å²) in [6.45, 7) is 0. The highest BCUT2D eigenvalue weighted by Crippen LogP contribution is 2.41. The summed E-state index contributed by atoms with van der Waals surface area (Å²) in [5.74, 6) is -0.909. The number of nitrogens with two attached hydrogens (primary N) is 1. The maximum Gasteiger partial charge on any atom is 0.499 e. The predicted octanol–water partition coefficient (Wildman–Crippen LogP) is 4.11. The average Bonchev–Trinajstić information content (AvgIpc) is 2.12. The van der Waals surface area contributed by atoms with Crippen LogP contribution in [0, 0.1) is 0 Å². The van der Waals surface area contributed by atoms with Crippen LogP contribution < -0.4 is 10.5 Å². The molecule has 0 amide bonds. The molecule has 0 bridgehead atoms. The van der Waals surface area contributed by atoms with Crippen LogP contribution in [0.15, 0.2) is 12.1 Å². The first-order chi connectivity index (χ1) is 7.54. The van der Waals surface area contributed by atoms with E-state index in [0.717, 1.165) is 6.07 Å². The van der Waals surface area contributed by atoms with E-state index >= 15 is 0 Å². The summed E-state index contributed by atoms with van der Waals surface area (Å²) in [4.78, 5) is 0. The maximum atomic E-state index is 12.5. The average molecular weight is 296 g/mol. The second kappa shape index (κ2) is 4.38. The van der Waals surface area contributed by atoms with Crippen molar-refractivity contribution >= 4 is 28.9 Å². The SMILES string of the molecule is Nc1cc(Cl)c(OC(F)(F)C(F)(F)F)cc1Cl. The Morgan fingerprint density at radius 1 is 1.00 bits per heavy atom. The quantitative estimate of drug-likeness (QED) is 0.658. The lowest BCUT2D eigenvalue weighted by Crippen LogP contribution is -2.41. The molecule has 0 spiro atoms. The summed E-state index contributed by atoms with van der Waals surface area (Å²) >= 11 is 10.8. The van der Waals surface area contributed by atoms with Crippen LogP contribution in [0.4, 0.5) is 27.6 Å². The molecule has 0 atom stereocenters. The van der Waals surface area contributed by atoms with Crippen molar-refractivity contribution in [2.24, 2.45) is 0 Å². The van der Waals surface area contributed by atoms with Crippen molar-refractivity contribution in [2.45, 2.75) is 12.3 Å². The minimum absolute atomic E-state index is 0.0701. The van der Waals surface area contributed by atoms with Gasteiger partial charge in [0.2, 0.25) is 0 Å². The number of rotatable bonds is 2. The van der Waals surface area contributed by atoms with E-state index in [0.29, 0.717) is 6.07 Å². The number of benzene rings is 1. The lowest BCUT2D eigenvalue weighted by Gasteiger charge is -2.21. The minimum Gasteiger partial charge on any atom is -0.424 e. The Hall–Kier alpha value is -0.950. The first kappa shape index (κ1) is 14.1. The van der Waals surface area contributed by atoms with Gasteiger partial charge in [-0.1, -0.05) is 23.2 Å². The zero-order valence-electron chi connectivity index (χ0n) is 7.79. The standard InChI is InChI=1S/C8H4Cl2F5NO/c9-3-2-6(4(10)1-5(3)16)17-8(14,15)7(11,12)13/h1-2H,16H2. The molecule has 96 valence electrons. The van der Waals surface area contributed by atoms with Crippen molar-refractivity contribution in [1.29, 1.82) is 0 Å². The fourth-order valence-electron chi connectivity index (χ4n) is 0.818. The van der Waals surface area contributed by atoms with E-state index in [1.54, 1.807) is 0 Å². The van der Waals surface area contributed by atoms with E-state index in [-0.39, 0.29) is 10.7 Å². The van der Waals surface area contributed by atoms with Gasteiger partial charge in [0, 0.05) is 6.07 Å². The highest BCUT2D eigenvalue weighted by atomic mass is 35.5. The molecule has 0 heterocycles. The van der Waals surface area contributed by atoms with Crippen LogP contribution in [0.25, 0.3) is 0 Å². The normalized spacial score (nSPS) is 12.6. The highest BCUT2D eigenvalue weighted by molar-refractivity contribution is 6.36. The van der Waals surface area contributed by atoms with Crippen LogP contribution in [0.5, 0.6) is 5.75 Å². The zero-order valence-corrected chi connectivity index (χ0v) is 9.30. The van der Waals surface area contributed by atoms with Crippen molar-refractivity contribution < 1.29 is 26.7 Å².